The van der Waals surface area contributed by atoms with Gasteiger partial charge in [-0.1, -0.05) is 6.58 Å². The van der Waals surface area contributed by atoms with Crippen LogP contribution < -0.4 is 15.6 Å². The number of nitrogens with zero attached hydrogens (tertiary/aromatic N) is 3. The molecule has 1 fully saturated rings. The normalized spacial score (nSPS) is 14.8. The van der Waals surface area contributed by atoms with Crippen molar-refractivity contribution in [2.75, 3.05) is 31.1 Å². The molecule has 0 unspecified atom stereocenters. The van der Waals surface area contributed by atoms with Crippen LogP contribution in [-0.2, 0) is 0 Å². The molecule has 0 aliphatic carbocycles. The smallest absolute Gasteiger partial charge is 0.353 e. The second-order valence-corrected chi connectivity index (χ2v) is 5.67. The van der Waals surface area contributed by atoms with Crippen LogP contribution in [0.25, 0.3) is 16.7 Å². The fourth-order valence-electron chi connectivity index (χ4n) is 2.84. The first-order chi connectivity index (χ1) is 11.4. The molecule has 0 bridgehead atoms. The molecule has 3 heterocycles. The van der Waals surface area contributed by atoms with Crippen LogP contribution in [0.2, 0.25) is 0 Å². The van der Waals surface area contributed by atoms with E-state index in [0.29, 0.717) is 31.9 Å². The minimum atomic E-state index is -1.27. The van der Waals surface area contributed by atoms with Crippen LogP contribution in [-0.4, -0.2) is 46.8 Å². The average Bonchev–Trinajstić information content (AvgIpc) is 2.55. The van der Waals surface area contributed by atoms with E-state index in [-0.39, 0.29) is 22.5 Å². The summed E-state index contributed by atoms with van der Waals surface area (Å²) in [5, 5.41) is 12.5. The minimum absolute atomic E-state index is 0.0272. The summed E-state index contributed by atoms with van der Waals surface area (Å²) in [5.41, 5.74) is -0.353. The lowest BCUT2D eigenvalue weighted by Gasteiger charge is -2.29. The summed E-state index contributed by atoms with van der Waals surface area (Å²) < 4.78 is 15.7. The molecule has 0 radical (unpaired) electrons. The van der Waals surface area contributed by atoms with E-state index in [0.717, 1.165) is 12.1 Å². The molecular formula is C16H17FN4O3. The minimum Gasteiger partial charge on any atom is -0.477 e. The quantitative estimate of drug-likeness (QED) is 0.876. The Morgan fingerprint density at radius 1 is 1.38 bits per heavy atom. The Morgan fingerprint density at radius 2 is 2.04 bits per heavy atom. The lowest BCUT2D eigenvalue weighted by atomic mass is 10.2. The Morgan fingerprint density at radius 3 is 2.62 bits per heavy atom. The highest BCUT2D eigenvalue weighted by Gasteiger charge is 2.21. The highest BCUT2D eigenvalue weighted by atomic mass is 19.1. The Kier molecular flexibility index (Phi) is 4.06. The second kappa shape index (κ2) is 6.04. The number of aromatic carboxylic acids is 1. The number of rotatable bonds is 3. The van der Waals surface area contributed by atoms with E-state index in [9.17, 15) is 19.1 Å². The number of carboxylic acid groups (broad SMARTS) is 1. The Hall–Kier alpha value is -2.74. The molecule has 24 heavy (non-hydrogen) atoms. The molecule has 0 aromatic carbocycles. The van der Waals surface area contributed by atoms with Gasteiger partial charge in [-0.05, 0) is 13.0 Å². The van der Waals surface area contributed by atoms with E-state index in [2.05, 4.69) is 16.9 Å². The van der Waals surface area contributed by atoms with Gasteiger partial charge in [0.1, 0.15) is 5.69 Å². The van der Waals surface area contributed by atoms with Crippen LogP contribution in [0, 0.1) is 5.82 Å². The third kappa shape index (κ3) is 2.65. The molecule has 0 spiro atoms. The number of carboxylic acids is 1. The van der Waals surface area contributed by atoms with Gasteiger partial charge in [0.15, 0.2) is 22.7 Å². The van der Waals surface area contributed by atoms with E-state index >= 15 is 0 Å². The zero-order chi connectivity index (χ0) is 17.4. The van der Waals surface area contributed by atoms with E-state index in [4.69, 9.17) is 0 Å². The zero-order valence-electron chi connectivity index (χ0n) is 13.2. The molecule has 1 saturated heterocycles. The number of allylic oxidation sites excluding steroid dienone is 1. The van der Waals surface area contributed by atoms with Gasteiger partial charge in [-0.25, -0.2) is 14.2 Å². The van der Waals surface area contributed by atoms with Crippen molar-refractivity contribution < 1.29 is 14.3 Å². The summed E-state index contributed by atoms with van der Waals surface area (Å²) >= 11 is 0. The summed E-state index contributed by atoms with van der Waals surface area (Å²) in [4.78, 5) is 29.7. The molecular weight excluding hydrogens is 315 g/mol. The van der Waals surface area contributed by atoms with Crippen molar-refractivity contribution in [2.24, 2.45) is 0 Å². The molecule has 8 heteroatoms. The monoisotopic (exact) mass is 332 g/mol. The third-order valence-electron chi connectivity index (χ3n) is 3.94. The highest BCUT2D eigenvalue weighted by Crippen LogP contribution is 2.23. The van der Waals surface area contributed by atoms with E-state index < -0.39 is 17.2 Å². The van der Waals surface area contributed by atoms with Crippen molar-refractivity contribution in [2.45, 2.75) is 6.92 Å². The fourth-order valence-corrected chi connectivity index (χ4v) is 2.84. The third-order valence-corrected chi connectivity index (χ3v) is 3.94. The molecule has 7 nitrogen and oxygen atoms in total. The molecule has 126 valence electrons. The van der Waals surface area contributed by atoms with Gasteiger partial charge in [0.25, 0.3) is 0 Å². The van der Waals surface area contributed by atoms with E-state index in [1.54, 1.807) is 11.8 Å². The van der Waals surface area contributed by atoms with Crippen LogP contribution >= 0.6 is 0 Å². The maximum Gasteiger partial charge on any atom is 0.353 e. The molecule has 0 atom stereocenters. The van der Waals surface area contributed by atoms with Gasteiger partial charge in [-0.3, -0.25) is 9.36 Å². The highest BCUT2D eigenvalue weighted by molar-refractivity contribution is 5.92. The number of pyridine rings is 2. The summed E-state index contributed by atoms with van der Waals surface area (Å²) in [6.45, 7) is 7.90. The molecule has 0 saturated carbocycles. The first-order valence-electron chi connectivity index (χ1n) is 7.51. The number of anilines is 1. The zero-order valence-corrected chi connectivity index (χ0v) is 13.2. The molecule has 0 amide bonds. The number of halogens is 1. The van der Waals surface area contributed by atoms with Gasteiger partial charge in [0.2, 0.25) is 0 Å². The van der Waals surface area contributed by atoms with Crippen molar-refractivity contribution in [3.63, 3.8) is 0 Å². The number of aromatic nitrogens is 2. The van der Waals surface area contributed by atoms with Crippen molar-refractivity contribution in [3.05, 3.63) is 40.4 Å². The Labute approximate surface area is 137 Å². The van der Waals surface area contributed by atoms with Crippen molar-refractivity contribution in [1.82, 2.24) is 14.9 Å². The number of fused-ring (bicyclic) bond motifs is 1. The molecule has 2 aromatic rings. The van der Waals surface area contributed by atoms with Gasteiger partial charge < -0.3 is 15.3 Å². The van der Waals surface area contributed by atoms with Gasteiger partial charge in [-0.15, -0.1) is 0 Å². The van der Waals surface area contributed by atoms with Gasteiger partial charge in [0, 0.05) is 37.9 Å². The predicted octanol–water partition coefficient (Wildman–Crippen LogP) is 1.13. The fraction of sp³-hybridized carbons (Fsp3) is 0.312. The van der Waals surface area contributed by atoms with Gasteiger partial charge >= 0.3 is 5.97 Å². The number of nitrogens with one attached hydrogen (secondary N) is 1. The number of carbonyl (C=O) groups is 1. The van der Waals surface area contributed by atoms with Crippen LogP contribution in [0.1, 0.15) is 17.4 Å². The second-order valence-electron chi connectivity index (χ2n) is 5.67. The predicted molar refractivity (Wildman–Crippen MR) is 89.0 cm³/mol. The summed E-state index contributed by atoms with van der Waals surface area (Å²) in [5.74, 6) is -1.76. The maximum absolute atomic E-state index is 14.5. The molecule has 1 aliphatic heterocycles. The Bertz CT molecular complexity index is 900. The van der Waals surface area contributed by atoms with Crippen molar-refractivity contribution in [1.29, 1.82) is 0 Å². The van der Waals surface area contributed by atoms with Crippen LogP contribution in [0.4, 0.5) is 10.2 Å². The lowest BCUT2D eigenvalue weighted by Crippen LogP contribution is -2.44. The topological polar surface area (TPSA) is 87.5 Å². The van der Waals surface area contributed by atoms with Crippen LogP contribution in [0.3, 0.4) is 0 Å². The van der Waals surface area contributed by atoms with Crippen molar-refractivity contribution in [3.8, 4) is 0 Å². The summed E-state index contributed by atoms with van der Waals surface area (Å²) in [6.07, 6.45) is 0. The SMILES string of the molecule is C=C(C)n1c(C(=O)O)cc(=O)c2cc(F)c(N3CCNCC3)nc21. The molecule has 3 rings (SSSR count). The Balaban J connectivity index is 2.33. The van der Waals surface area contributed by atoms with Gasteiger partial charge in [0.05, 0.1) is 5.39 Å². The molecule has 2 aromatic heterocycles. The number of hydrogen-bond donors (Lipinski definition) is 2. The van der Waals surface area contributed by atoms with Crippen LogP contribution in [0.5, 0.6) is 0 Å². The standard InChI is InChI=1S/C16H17FN4O3/c1-9(2)21-12(16(23)24)8-13(22)10-7-11(17)15(19-14(10)21)20-5-3-18-4-6-20/h7-8,18H,1,3-6H2,2H3,(H,23,24). The largest absolute Gasteiger partial charge is 0.477 e. The number of piperazine rings is 1. The molecule has 1 aliphatic rings. The van der Waals surface area contributed by atoms with Crippen molar-refractivity contribution >= 4 is 28.5 Å². The lowest BCUT2D eigenvalue weighted by molar-refractivity contribution is 0.0688. The first-order valence-corrected chi connectivity index (χ1v) is 7.51. The first kappa shape index (κ1) is 16.1. The molecule has 2 N–H and O–H groups in total. The summed E-state index contributed by atoms with van der Waals surface area (Å²) in [7, 11) is 0. The van der Waals surface area contributed by atoms with E-state index in [1.807, 2.05) is 0 Å². The number of hydrogen-bond acceptors (Lipinski definition) is 5. The maximum atomic E-state index is 14.5. The average molecular weight is 332 g/mol. The van der Waals surface area contributed by atoms with Gasteiger partial charge in [-0.2, -0.15) is 0 Å². The van der Waals surface area contributed by atoms with Crippen LogP contribution in [0.15, 0.2) is 23.5 Å². The summed E-state index contributed by atoms with van der Waals surface area (Å²) in [6, 6.07) is 2.08. The van der Waals surface area contributed by atoms with E-state index in [1.165, 1.54) is 4.57 Å².